The molecule has 152 valence electrons. The highest BCUT2D eigenvalue weighted by atomic mass is 16.4. The van der Waals surface area contributed by atoms with Gasteiger partial charge in [-0.2, -0.15) is 5.10 Å². The molecule has 7 heteroatoms. The highest BCUT2D eigenvalue weighted by Gasteiger charge is 2.24. The number of hydrogen-bond acceptors (Lipinski definition) is 3. The zero-order chi connectivity index (χ0) is 21.4. The smallest absolute Gasteiger partial charge is 0.354 e. The minimum absolute atomic E-state index is 0.0308. The van der Waals surface area contributed by atoms with Crippen molar-refractivity contribution >= 4 is 22.7 Å². The van der Waals surface area contributed by atoms with E-state index < -0.39 is 5.97 Å². The number of benzene rings is 2. The lowest BCUT2D eigenvalue weighted by Crippen LogP contribution is -2.10. The number of nitrogens with two attached hydrogens (primary N) is 1. The van der Waals surface area contributed by atoms with Crippen molar-refractivity contribution in [1.29, 1.82) is 5.41 Å². The molecule has 0 amide bonds. The summed E-state index contributed by atoms with van der Waals surface area (Å²) >= 11 is 0. The van der Waals surface area contributed by atoms with E-state index >= 15 is 0 Å². The van der Waals surface area contributed by atoms with E-state index in [1.165, 1.54) is 4.68 Å². The summed E-state index contributed by atoms with van der Waals surface area (Å²) in [5.41, 5.74) is 11.0. The molecular formula is C23H23N5O2. The van der Waals surface area contributed by atoms with Crippen LogP contribution in [-0.2, 0) is 7.05 Å². The second-order valence-corrected chi connectivity index (χ2v) is 7.30. The predicted molar refractivity (Wildman–Crippen MR) is 117 cm³/mol. The molecule has 5 N–H and O–H groups in total. The van der Waals surface area contributed by atoms with Crippen LogP contribution in [-0.4, -0.2) is 31.7 Å². The Hall–Kier alpha value is -3.87. The predicted octanol–water partition coefficient (Wildman–Crippen LogP) is 4.09. The standard InChI is InChI=1S/C23H23N5O2/c1-3-14(18-11-26-20-10-13(22(24)25)8-9-17(18)20)15-6-4-5-7-16(15)19-12-27-28(2)21(19)23(29)30/h4-12,14,26H,3H2,1-2H3,(H3,24,25)(H,29,30). The Bertz CT molecular complexity index is 1270. The Labute approximate surface area is 173 Å². The van der Waals surface area contributed by atoms with Crippen LogP contribution in [0.5, 0.6) is 0 Å². The van der Waals surface area contributed by atoms with Crippen LogP contribution in [0.2, 0.25) is 0 Å². The molecule has 2 heterocycles. The second kappa shape index (κ2) is 7.51. The van der Waals surface area contributed by atoms with Gasteiger partial charge in [0.2, 0.25) is 0 Å². The van der Waals surface area contributed by atoms with E-state index in [1.807, 2.05) is 48.7 Å². The largest absolute Gasteiger partial charge is 0.477 e. The summed E-state index contributed by atoms with van der Waals surface area (Å²) in [5, 5.41) is 22.6. The number of rotatable bonds is 6. The Morgan fingerprint density at radius 2 is 2.00 bits per heavy atom. The summed E-state index contributed by atoms with van der Waals surface area (Å²) in [6.45, 7) is 2.12. The summed E-state index contributed by atoms with van der Waals surface area (Å²) < 4.78 is 1.39. The molecule has 0 saturated carbocycles. The number of carboxylic acids is 1. The Morgan fingerprint density at radius 3 is 2.70 bits per heavy atom. The van der Waals surface area contributed by atoms with Crippen molar-refractivity contribution in [3.05, 3.63) is 77.2 Å². The van der Waals surface area contributed by atoms with Gasteiger partial charge in [0.15, 0.2) is 5.69 Å². The van der Waals surface area contributed by atoms with Crippen molar-refractivity contribution in [2.24, 2.45) is 12.8 Å². The maximum atomic E-state index is 11.8. The van der Waals surface area contributed by atoms with Crippen molar-refractivity contribution in [1.82, 2.24) is 14.8 Å². The maximum absolute atomic E-state index is 11.8. The average Bonchev–Trinajstić information content (AvgIpc) is 3.32. The molecule has 2 aromatic carbocycles. The number of carbonyl (C=O) groups is 1. The summed E-state index contributed by atoms with van der Waals surface area (Å²) in [6, 6.07) is 13.6. The fraction of sp³-hybridized carbons (Fsp3) is 0.174. The van der Waals surface area contributed by atoms with Crippen LogP contribution < -0.4 is 5.73 Å². The molecule has 0 fully saturated rings. The first-order valence-corrected chi connectivity index (χ1v) is 9.72. The first-order valence-electron chi connectivity index (χ1n) is 9.72. The molecule has 0 spiro atoms. The third-order valence-electron chi connectivity index (χ3n) is 5.58. The number of fused-ring (bicyclic) bond motifs is 1. The van der Waals surface area contributed by atoms with Gasteiger partial charge in [-0.05, 0) is 29.2 Å². The Morgan fingerprint density at radius 1 is 1.23 bits per heavy atom. The van der Waals surface area contributed by atoms with E-state index in [-0.39, 0.29) is 17.4 Å². The molecule has 0 aliphatic rings. The van der Waals surface area contributed by atoms with Crippen LogP contribution in [0.3, 0.4) is 0 Å². The molecular weight excluding hydrogens is 378 g/mol. The summed E-state index contributed by atoms with van der Waals surface area (Å²) in [4.78, 5) is 15.1. The lowest BCUT2D eigenvalue weighted by atomic mass is 9.84. The number of aromatic carboxylic acids is 1. The van der Waals surface area contributed by atoms with Crippen molar-refractivity contribution in [2.75, 3.05) is 0 Å². The van der Waals surface area contributed by atoms with E-state index in [0.29, 0.717) is 11.1 Å². The van der Waals surface area contributed by atoms with Gasteiger partial charge in [-0.1, -0.05) is 43.3 Å². The third kappa shape index (κ3) is 3.14. The molecule has 0 radical (unpaired) electrons. The highest BCUT2D eigenvalue weighted by molar-refractivity contribution is 5.99. The number of nitrogen functional groups attached to an aromatic ring is 1. The van der Waals surface area contributed by atoms with Gasteiger partial charge in [-0.3, -0.25) is 10.1 Å². The monoisotopic (exact) mass is 401 g/mol. The Kier molecular flexibility index (Phi) is 4.87. The van der Waals surface area contributed by atoms with Gasteiger partial charge in [0.1, 0.15) is 5.84 Å². The van der Waals surface area contributed by atoms with Crippen LogP contribution in [0, 0.1) is 5.41 Å². The molecule has 4 rings (SSSR count). The molecule has 7 nitrogen and oxygen atoms in total. The van der Waals surface area contributed by atoms with Gasteiger partial charge >= 0.3 is 5.97 Å². The zero-order valence-electron chi connectivity index (χ0n) is 16.8. The topological polar surface area (TPSA) is 121 Å². The molecule has 1 atom stereocenters. The zero-order valence-corrected chi connectivity index (χ0v) is 16.8. The fourth-order valence-corrected chi connectivity index (χ4v) is 4.15. The van der Waals surface area contributed by atoms with Gasteiger partial charge in [-0.15, -0.1) is 0 Å². The molecule has 1 unspecified atom stereocenters. The van der Waals surface area contributed by atoms with E-state index in [1.54, 1.807) is 13.2 Å². The highest BCUT2D eigenvalue weighted by Crippen LogP contribution is 2.39. The van der Waals surface area contributed by atoms with Crippen molar-refractivity contribution in [3.63, 3.8) is 0 Å². The van der Waals surface area contributed by atoms with E-state index in [9.17, 15) is 9.90 Å². The first-order chi connectivity index (χ1) is 14.4. The third-order valence-corrected chi connectivity index (χ3v) is 5.58. The van der Waals surface area contributed by atoms with Crippen LogP contribution in [0.4, 0.5) is 0 Å². The molecule has 30 heavy (non-hydrogen) atoms. The SMILES string of the molecule is CCC(c1ccccc1-c1cnn(C)c1C(=O)O)c1c[nH]c2cc(C(=N)N)ccc12. The summed E-state index contributed by atoms with van der Waals surface area (Å²) in [7, 11) is 1.64. The number of H-pyrrole nitrogens is 1. The maximum Gasteiger partial charge on any atom is 0.354 e. The molecule has 0 saturated heterocycles. The number of nitrogens with zero attached hydrogens (tertiary/aromatic N) is 2. The fourth-order valence-electron chi connectivity index (χ4n) is 4.15. The summed E-state index contributed by atoms with van der Waals surface area (Å²) in [5.74, 6) is -0.917. The first kappa shape index (κ1) is 19.4. The number of nitrogens with one attached hydrogen (secondary N) is 2. The number of amidine groups is 1. The number of aromatic amines is 1. The van der Waals surface area contributed by atoms with Crippen molar-refractivity contribution in [2.45, 2.75) is 19.3 Å². The van der Waals surface area contributed by atoms with Crippen LogP contribution >= 0.6 is 0 Å². The minimum Gasteiger partial charge on any atom is -0.477 e. The minimum atomic E-state index is -1.00. The van der Waals surface area contributed by atoms with Crippen LogP contribution in [0.15, 0.2) is 54.9 Å². The molecule has 2 aromatic heterocycles. The molecule has 0 bridgehead atoms. The normalized spacial score (nSPS) is 12.2. The Balaban J connectivity index is 1.88. The quantitative estimate of drug-likeness (QED) is 0.287. The number of aromatic nitrogens is 3. The number of carboxylic acid groups (broad SMARTS) is 1. The van der Waals surface area contributed by atoms with Gasteiger partial charge in [0.05, 0.1) is 6.20 Å². The number of hydrogen-bond donors (Lipinski definition) is 4. The van der Waals surface area contributed by atoms with Crippen molar-refractivity contribution in [3.8, 4) is 11.1 Å². The van der Waals surface area contributed by atoms with Gasteiger partial charge < -0.3 is 15.8 Å². The van der Waals surface area contributed by atoms with Crippen molar-refractivity contribution < 1.29 is 9.90 Å². The van der Waals surface area contributed by atoms with Crippen LogP contribution in [0.1, 0.15) is 46.4 Å². The van der Waals surface area contributed by atoms with Gasteiger partial charge in [-0.25, -0.2) is 4.79 Å². The molecule has 0 aliphatic carbocycles. The average molecular weight is 401 g/mol. The molecule has 0 aliphatic heterocycles. The van der Waals surface area contributed by atoms with Crippen LogP contribution in [0.25, 0.3) is 22.0 Å². The van der Waals surface area contributed by atoms with Gasteiger partial charge in [0.25, 0.3) is 0 Å². The van der Waals surface area contributed by atoms with E-state index in [4.69, 9.17) is 11.1 Å². The van der Waals surface area contributed by atoms with E-state index in [0.717, 1.165) is 34.0 Å². The number of aryl methyl sites for hydroxylation is 1. The lowest BCUT2D eigenvalue weighted by molar-refractivity contribution is 0.0686. The van der Waals surface area contributed by atoms with Gasteiger partial charge in [0, 0.05) is 41.2 Å². The van der Waals surface area contributed by atoms with E-state index in [2.05, 4.69) is 17.0 Å². The summed E-state index contributed by atoms with van der Waals surface area (Å²) in [6.07, 6.45) is 4.44. The second-order valence-electron chi connectivity index (χ2n) is 7.30. The molecule has 4 aromatic rings. The lowest BCUT2D eigenvalue weighted by Gasteiger charge is -2.19.